The van der Waals surface area contributed by atoms with Crippen LogP contribution in [0.2, 0.25) is 5.02 Å². The van der Waals surface area contributed by atoms with Crippen LogP contribution in [0.3, 0.4) is 0 Å². The summed E-state index contributed by atoms with van der Waals surface area (Å²) in [7, 11) is 1.57. The number of carbonyl (C=O) groups is 1. The first kappa shape index (κ1) is 27.8. The van der Waals surface area contributed by atoms with E-state index in [9.17, 15) is 4.79 Å². The van der Waals surface area contributed by atoms with Crippen LogP contribution < -0.4 is 9.47 Å². The number of hydrogen-bond acceptors (Lipinski definition) is 6. The predicted molar refractivity (Wildman–Crippen MR) is 164 cm³/mol. The van der Waals surface area contributed by atoms with Crippen LogP contribution >= 0.6 is 23.4 Å². The number of amides is 1. The Kier molecular flexibility index (Phi) is 9.06. The van der Waals surface area contributed by atoms with Gasteiger partial charge in [-0.3, -0.25) is 9.69 Å². The highest BCUT2D eigenvalue weighted by atomic mass is 35.5. The molecule has 0 unspecified atom stereocenters. The van der Waals surface area contributed by atoms with Crippen molar-refractivity contribution < 1.29 is 19.0 Å². The molecule has 1 fully saturated rings. The number of para-hydroxylation sites is 1. The summed E-state index contributed by atoms with van der Waals surface area (Å²) in [6.45, 7) is 3.68. The molecule has 6 nitrogen and oxygen atoms in total. The van der Waals surface area contributed by atoms with Gasteiger partial charge in [0.1, 0.15) is 6.61 Å². The smallest absolute Gasteiger partial charge is 0.266 e. The zero-order valence-electron chi connectivity index (χ0n) is 22.3. The molecule has 4 aromatic rings. The Bertz CT molecular complexity index is 1570. The quantitative estimate of drug-likeness (QED) is 0.144. The second-order valence-electron chi connectivity index (χ2n) is 9.00. The molecule has 1 aliphatic rings. The number of amidine groups is 1. The topological polar surface area (TPSA) is 60.4 Å². The van der Waals surface area contributed by atoms with Gasteiger partial charge in [-0.25, -0.2) is 4.99 Å². The number of rotatable bonds is 10. The first-order valence-corrected chi connectivity index (χ1v) is 14.2. The molecule has 1 amide bonds. The fourth-order valence-electron chi connectivity index (χ4n) is 4.30. The Morgan fingerprint density at radius 2 is 1.75 bits per heavy atom. The summed E-state index contributed by atoms with van der Waals surface area (Å²) in [6.07, 6.45) is 1.80. The molecule has 4 aromatic carbocycles. The maximum absolute atomic E-state index is 13.4. The van der Waals surface area contributed by atoms with Crippen molar-refractivity contribution in [3.8, 4) is 11.5 Å². The van der Waals surface area contributed by atoms with Crippen molar-refractivity contribution in [2.24, 2.45) is 4.99 Å². The number of ether oxygens (including phenoxy) is 3. The molecule has 0 saturated carbocycles. The van der Waals surface area contributed by atoms with Gasteiger partial charge in [0.2, 0.25) is 0 Å². The number of nitrogens with zero attached hydrogens (tertiary/aromatic N) is 2. The van der Waals surface area contributed by atoms with Crippen LogP contribution in [-0.2, 0) is 16.1 Å². The molecule has 1 aliphatic heterocycles. The Balaban J connectivity index is 1.38. The number of aliphatic imine (C=N–C) groups is 1. The van der Waals surface area contributed by atoms with Gasteiger partial charge in [-0.2, -0.15) is 0 Å². The van der Waals surface area contributed by atoms with E-state index in [1.54, 1.807) is 24.2 Å². The van der Waals surface area contributed by atoms with Crippen molar-refractivity contribution in [2.75, 3.05) is 26.9 Å². The highest BCUT2D eigenvalue weighted by molar-refractivity contribution is 8.18. The van der Waals surface area contributed by atoms with E-state index >= 15 is 0 Å². The lowest BCUT2D eigenvalue weighted by atomic mass is 10.1. The molecule has 1 saturated heterocycles. The van der Waals surface area contributed by atoms with Crippen molar-refractivity contribution in [3.63, 3.8) is 0 Å². The summed E-state index contributed by atoms with van der Waals surface area (Å²) in [6, 6.07) is 27.6. The lowest BCUT2D eigenvalue weighted by molar-refractivity contribution is -0.122. The molecule has 40 heavy (non-hydrogen) atoms. The fraction of sp³-hybridized carbons (Fsp3) is 0.188. The molecule has 5 rings (SSSR count). The van der Waals surface area contributed by atoms with Gasteiger partial charge in [0.05, 0.1) is 35.9 Å². The number of carbonyl (C=O) groups excluding carboxylic acids is 1. The van der Waals surface area contributed by atoms with Crippen LogP contribution in [0, 0.1) is 0 Å². The summed E-state index contributed by atoms with van der Waals surface area (Å²) in [5, 5.41) is 3.32. The van der Waals surface area contributed by atoms with Crippen molar-refractivity contribution in [1.29, 1.82) is 0 Å². The molecule has 8 heteroatoms. The minimum absolute atomic E-state index is 0.133. The van der Waals surface area contributed by atoms with Gasteiger partial charge < -0.3 is 14.2 Å². The molecule has 1 heterocycles. The average Bonchev–Trinajstić information content (AvgIpc) is 3.25. The van der Waals surface area contributed by atoms with Gasteiger partial charge in [-0.1, -0.05) is 66.2 Å². The zero-order valence-corrected chi connectivity index (χ0v) is 23.9. The minimum atomic E-state index is -0.133. The lowest BCUT2D eigenvalue weighted by Crippen LogP contribution is -2.32. The molecular weight excluding hydrogens is 544 g/mol. The predicted octanol–water partition coefficient (Wildman–Crippen LogP) is 7.72. The maximum Gasteiger partial charge on any atom is 0.266 e. The summed E-state index contributed by atoms with van der Waals surface area (Å²) in [5.41, 5.74) is 2.52. The van der Waals surface area contributed by atoms with Crippen LogP contribution in [0.1, 0.15) is 18.1 Å². The normalized spacial score (nSPS) is 15.4. The molecule has 0 aromatic heterocycles. The largest absolute Gasteiger partial charge is 0.493 e. The molecule has 0 radical (unpaired) electrons. The van der Waals surface area contributed by atoms with Gasteiger partial charge in [-0.15, -0.1) is 0 Å². The second-order valence-corrected chi connectivity index (χ2v) is 10.4. The molecule has 0 aliphatic carbocycles. The minimum Gasteiger partial charge on any atom is -0.493 e. The van der Waals surface area contributed by atoms with E-state index < -0.39 is 0 Å². The van der Waals surface area contributed by atoms with Crippen LogP contribution in [0.15, 0.2) is 94.8 Å². The van der Waals surface area contributed by atoms with Crippen molar-refractivity contribution >= 4 is 57.0 Å². The second kappa shape index (κ2) is 13.0. The Hall–Kier alpha value is -3.78. The van der Waals surface area contributed by atoms with E-state index in [0.717, 1.165) is 22.2 Å². The van der Waals surface area contributed by atoms with Gasteiger partial charge in [0.25, 0.3) is 5.91 Å². The van der Waals surface area contributed by atoms with Crippen LogP contribution in [0.5, 0.6) is 11.5 Å². The Labute approximate surface area is 243 Å². The van der Waals surface area contributed by atoms with Gasteiger partial charge in [-0.05, 0) is 77.0 Å². The highest BCUT2D eigenvalue weighted by Gasteiger charge is 2.33. The summed E-state index contributed by atoms with van der Waals surface area (Å²) >= 11 is 7.99. The van der Waals surface area contributed by atoms with E-state index in [1.165, 1.54) is 17.1 Å². The third kappa shape index (κ3) is 6.50. The molecule has 0 spiro atoms. The number of methoxy groups -OCH3 is 1. The number of hydrogen-bond donors (Lipinski definition) is 0. The molecule has 0 bridgehead atoms. The highest BCUT2D eigenvalue weighted by Crippen LogP contribution is 2.40. The van der Waals surface area contributed by atoms with E-state index in [-0.39, 0.29) is 5.91 Å². The average molecular weight is 573 g/mol. The monoisotopic (exact) mass is 572 g/mol. The van der Waals surface area contributed by atoms with Gasteiger partial charge in [0.15, 0.2) is 16.7 Å². The lowest BCUT2D eigenvalue weighted by Gasteiger charge is -2.15. The van der Waals surface area contributed by atoms with Crippen LogP contribution in [0.4, 0.5) is 5.69 Å². The van der Waals surface area contributed by atoms with E-state index in [4.69, 9.17) is 30.8 Å². The number of thioether (sulfide) groups is 1. The van der Waals surface area contributed by atoms with E-state index in [2.05, 4.69) is 24.3 Å². The zero-order chi connectivity index (χ0) is 27.9. The summed E-state index contributed by atoms with van der Waals surface area (Å²) < 4.78 is 17.2. The van der Waals surface area contributed by atoms with Gasteiger partial charge >= 0.3 is 0 Å². The third-order valence-electron chi connectivity index (χ3n) is 6.28. The number of fused-ring (bicyclic) bond motifs is 1. The Morgan fingerprint density at radius 3 is 2.52 bits per heavy atom. The number of halogens is 1. The third-order valence-corrected chi connectivity index (χ3v) is 7.57. The number of benzene rings is 4. The van der Waals surface area contributed by atoms with E-state index in [0.29, 0.717) is 53.0 Å². The van der Waals surface area contributed by atoms with Gasteiger partial charge in [0, 0.05) is 6.61 Å². The first-order valence-electron chi connectivity index (χ1n) is 13.0. The molecule has 0 atom stereocenters. The van der Waals surface area contributed by atoms with Crippen molar-refractivity contribution in [3.05, 3.63) is 106 Å². The van der Waals surface area contributed by atoms with Crippen molar-refractivity contribution in [1.82, 2.24) is 4.90 Å². The SMILES string of the molecule is CCOCCN1C(=O)/C(=C/c2cc(Cl)c(OCc3ccc4ccccc4c3)c(OC)c2)SC1=Nc1ccccc1. The molecule has 0 N–H and O–H groups in total. The Morgan fingerprint density at radius 1 is 0.975 bits per heavy atom. The summed E-state index contributed by atoms with van der Waals surface area (Å²) in [4.78, 5) is 20.3. The van der Waals surface area contributed by atoms with Crippen molar-refractivity contribution in [2.45, 2.75) is 13.5 Å². The standard InChI is InChI=1S/C32H29ClN2O4S/c1-3-38-16-15-35-31(36)29(40-32(35)34-26-11-5-4-6-12-26)20-23-18-27(33)30(28(19-23)37-2)39-21-22-13-14-24-9-7-8-10-25(24)17-22/h4-14,17-20H,3,15-16,21H2,1-2H3/b29-20-,34-32?. The fourth-order valence-corrected chi connectivity index (χ4v) is 5.60. The maximum atomic E-state index is 13.4. The first-order chi connectivity index (χ1) is 19.6. The summed E-state index contributed by atoms with van der Waals surface area (Å²) in [5.74, 6) is 0.808. The van der Waals surface area contributed by atoms with Crippen LogP contribution in [-0.4, -0.2) is 42.8 Å². The molecule has 204 valence electrons. The van der Waals surface area contributed by atoms with E-state index in [1.807, 2.05) is 61.5 Å². The molecular formula is C32H29ClN2O4S. The van der Waals surface area contributed by atoms with Crippen LogP contribution in [0.25, 0.3) is 16.8 Å².